The Kier molecular flexibility index (Phi) is 6.11. The van der Waals surface area contributed by atoms with Crippen molar-refractivity contribution in [1.82, 2.24) is 14.9 Å². The van der Waals surface area contributed by atoms with Crippen LogP contribution in [0.3, 0.4) is 0 Å². The van der Waals surface area contributed by atoms with Crippen LogP contribution < -0.4 is 4.90 Å². The molecule has 18 heavy (non-hydrogen) atoms. The molecule has 0 aliphatic heterocycles. The first-order valence-electron chi connectivity index (χ1n) is 6.44. The minimum absolute atomic E-state index is 0.711. The first-order chi connectivity index (χ1) is 8.71. The third-order valence-electron chi connectivity index (χ3n) is 2.75. The van der Waals surface area contributed by atoms with Gasteiger partial charge in [0.1, 0.15) is 0 Å². The van der Waals surface area contributed by atoms with Crippen LogP contribution in [0.25, 0.3) is 0 Å². The number of likely N-dealkylation sites (N-methyl/N-ethyl adjacent to an activating group) is 1. The lowest BCUT2D eigenvalue weighted by atomic mass is 10.4. The molecule has 1 aromatic heterocycles. The van der Waals surface area contributed by atoms with Crippen LogP contribution in [0.4, 0.5) is 5.95 Å². The Morgan fingerprint density at radius 1 is 1.17 bits per heavy atom. The van der Waals surface area contributed by atoms with Crippen molar-refractivity contribution in [2.24, 2.45) is 0 Å². The zero-order chi connectivity index (χ0) is 13.4. The quantitative estimate of drug-likeness (QED) is 0.656. The summed E-state index contributed by atoms with van der Waals surface area (Å²) in [5.41, 5.74) is 1.05. The normalized spacial score (nSPS) is 10.2. The topological polar surface area (TPSA) is 49.3 Å². The Hall–Kier alpha value is -1.65. The van der Waals surface area contributed by atoms with Crippen molar-refractivity contribution in [1.29, 1.82) is 0 Å². The number of nitrogens with zero attached hydrogens (tertiary/aromatic N) is 4. The summed E-state index contributed by atoms with van der Waals surface area (Å²) < 4.78 is 0. The average Bonchev–Trinajstić information content (AvgIpc) is 2.40. The lowest BCUT2D eigenvalue weighted by Crippen LogP contribution is -2.35. The van der Waals surface area contributed by atoms with Crippen molar-refractivity contribution >= 4 is 12.4 Å². The van der Waals surface area contributed by atoms with E-state index in [0.717, 1.165) is 44.0 Å². The number of carbonyl (C=O) groups is 1. The molecule has 0 unspecified atom stereocenters. The molecule has 0 radical (unpaired) electrons. The van der Waals surface area contributed by atoms with Crippen LogP contribution in [0.5, 0.6) is 0 Å². The maximum Gasteiger partial charge on any atom is 0.225 e. The molecule has 0 atom stereocenters. The maximum absolute atomic E-state index is 10.9. The van der Waals surface area contributed by atoms with E-state index >= 15 is 0 Å². The fourth-order valence-corrected chi connectivity index (χ4v) is 1.70. The van der Waals surface area contributed by atoms with Crippen LogP contribution in [-0.2, 0) is 4.79 Å². The number of amides is 1. The van der Waals surface area contributed by atoms with Gasteiger partial charge in [0.25, 0.3) is 0 Å². The fraction of sp³-hybridized carbons (Fsp3) is 0.615. The van der Waals surface area contributed by atoms with Crippen LogP contribution in [0.2, 0.25) is 0 Å². The van der Waals surface area contributed by atoms with Crippen LogP contribution in [0.1, 0.15) is 25.8 Å². The molecule has 1 amide bonds. The van der Waals surface area contributed by atoms with Crippen LogP contribution in [-0.4, -0.2) is 47.5 Å². The molecule has 1 heterocycles. The van der Waals surface area contributed by atoms with E-state index in [2.05, 4.69) is 28.7 Å². The first kappa shape index (κ1) is 14.4. The Labute approximate surface area is 109 Å². The molecule has 0 aromatic carbocycles. The number of anilines is 1. The van der Waals surface area contributed by atoms with Crippen molar-refractivity contribution < 1.29 is 4.79 Å². The van der Waals surface area contributed by atoms with E-state index in [0.29, 0.717) is 6.54 Å². The minimum Gasteiger partial charge on any atom is -0.344 e. The summed E-state index contributed by atoms with van der Waals surface area (Å²) in [5.74, 6) is 0.727. The van der Waals surface area contributed by atoms with Gasteiger partial charge in [-0.25, -0.2) is 9.97 Å². The van der Waals surface area contributed by atoms with Gasteiger partial charge in [-0.1, -0.05) is 6.92 Å². The fourth-order valence-electron chi connectivity index (χ4n) is 1.70. The lowest BCUT2D eigenvalue weighted by molar-refractivity contribution is -0.118. The molecule has 5 nitrogen and oxygen atoms in total. The molecule has 0 aliphatic rings. The summed E-state index contributed by atoms with van der Waals surface area (Å²) in [4.78, 5) is 23.3. The van der Waals surface area contributed by atoms with Crippen LogP contribution in [0, 0.1) is 6.92 Å². The van der Waals surface area contributed by atoms with Gasteiger partial charge in [0.15, 0.2) is 0 Å². The Morgan fingerprint density at radius 2 is 1.83 bits per heavy atom. The van der Waals surface area contributed by atoms with Crippen molar-refractivity contribution in [3.05, 3.63) is 18.0 Å². The zero-order valence-electron chi connectivity index (χ0n) is 11.5. The van der Waals surface area contributed by atoms with Gasteiger partial charge in [-0.05, 0) is 25.8 Å². The van der Waals surface area contributed by atoms with Gasteiger partial charge in [-0.3, -0.25) is 4.79 Å². The molecule has 0 aliphatic carbocycles. The van der Waals surface area contributed by atoms with Crippen molar-refractivity contribution in [2.45, 2.75) is 27.2 Å². The second-order valence-corrected chi connectivity index (χ2v) is 4.28. The molecule has 0 fully saturated rings. The summed E-state index contributed by atoms with van der Waals surface area (Å²) in [6, 6.07) is 0. The van der Waals surface area contributed by atoms with Gasteiger partial charge in [-0.2, -0.15) is 0 Å². The molecule has 0 saturated carbocycles. The smallest absolute Gasteiger partial charge is 0.225 e. The Balaban J connectivity index is 2.56. The van der Waals surface area contributed by atoms with Gasteiger partial charge in [0, 0.05) is 38.6 Å². The molecule has 1 aromatic rings. The van der Waals surface area contributed by atoms with Crippen molar-refractivity contribution in [3.63, 3.8) is 0 Å². The molecular weight excluding hydrogens is 228 g/mol. The third-order valence-corrected chi connectivity index (χ3v) is 2.75. The number of carbonyl (C=O) groups excluding carboxylic acids is 1. The van der Waals surface area contributed by atoms with Crippen molar-refractivity contribution in [2.75, 3.05) is 31.1 Å². The molecule has 0 N–H and O–H groups in total. The van der Waals surface area contributed by atoms with Gasteiger partial charge >= 0.3 is 0 Å². The highest BCUT2D eigenvalue weighted by atomic mass is 16.1. The minimum atomic E-state index is 0.711. The van der Waals surface area contributed by atoms with E-state index in [1.165, 1.54) is 0 Å². The summed E-state index contributed by atoms with van der Waals surface area (Å²) in [7, 11) is 0. The molecular formula is C13H22N4O. The highest BCUT2D eigenvalue weighted by Crippen LogP contribution is 2.06. The van der Waals surface area contributed by atoms with Crippen LogP contribution >= 0.6 is 0 Å². The van der Waals surface area contributed by atoms with Gasteiger partial charge in [0.2, 0.25) is 12.4 Å². The summed E-state index contributed by atoms with van der Waals surface area (Å²) in [6.45, 7) is 9.21. The highest BCUT2D eigenvalue weighted by molar-refractivity contribution is 5.47. The molecule has 0 spiro atoms. The van der Waals surface area contributed by atoms with Crippen LogP contribution in [0.15, 0.2) is 12.4 Å². The SMILES string of the molecule is CCCN(C=O)CCN(CC)c1ncc(C)cn1. The molecule has 100 valence electrons. The molecule has 5 heteroatoms. The van der Waals surface area contributed by atoms with E-state index in [-0.39, 0.29) is 0 Å². The third kappa shape index (κ3) is 4.31. The Bertz CT molecular complexity index is 353. The average molecular weight is 250 g/mol. The standard InChI is InChI=1S/C13H22N4O/c1-4-6-16(11-18)7-8-17(5-2)13-14-9-12(3)10-15-13/h9-11H,4-8H2,1-3H3. The lowest BCUT2D eigenvalue weighted by Gasteiger charge is -2.24. The summed E-state index contributed by atoms with van der Waals surface area (Å²) in [6.07, 6.45) is 5.52. The number of aromatic nitrogens is 2. The highest BCUT2D eigenvalue weighted by Gasteiger charge is 2.08. The van der Waals surface area contributed by atoms with Crippen molar-refractivity contribution in [3.8, 4) is 0 Å². The predicted molar refractivity (Wildman–Crippen MR) is 72.6 cm³/mol. The maximum atomic E-state index is 10.9. The van der Waals surface area contributed by atoms with E-state index in [9.17, 15) is 4.79 Å². The second-order valence-electron chi connectivity index (χ2n) is 4.28. The van der Waals surface area contributed by atoms with Gasteiger partial charge in [0.05, 0.1) is 0 Å². The zero-order valence-corrected chi connectivity index (χ0v) is 11.5. The number of hydrogen-bond acceptors (Lipinski definition) is 4. The monoisotopic (exact) mass is 250 g/mol. The number of hydrogen-bond donors (Lipinski definition) is 0. The second kappa shape index (κ2) is 7.63. The van der Waals surface area contributed by atoms with E-state index in [4.69, 9.17) is 0 Å². The largest absolute Gasteiger partial charge is 0.344 e. The number of aryl methyl sites for hydroxylation is 1. The first-order valence-corrected chi connectivity index (χ1v) is 6.44. The van der Waals surface area contributed by atoms with Gasteiger partial charge < -0.3 is 9.80 Å². The summed E-state index contributed by atoms with van der Waals surface area (Å²) in [5, 5.41) is 0. The Morgan fingerprint density at radius 3 is 2.33 bits per heavy atom. The molecule has 0 bridgehead atoms. The predicted octanol–water partition coefficient (Wildman–Crippen LogP) is 1.48. The van der Waals surface area contributed by atoms with E-state index in [1.807, 2.05) is 19.3 Å². The molecule has 1 rings (SSSR count). The summed E-state index contributed by atoms with van der Waals surface area (Å²) >= 11 is 0. The van der Waals surface area contributed by atoms with E-state index in [1.54, 1.807) is 4.90 Å². The van der Waals surface area contributed by atoms with E-state index < -0.39 is 0 Å². The van der Waals surface area contributed by atoms with Gasteiger partial charge in [-0.15, -0.1) is 0 Å². The molecule has 0 saturated heterocycles. The number of rotatable bonds is 8.